The summed E-state index contributed by atoms with van der Waals surface area (Å²) in [4.78, 5) is 8.31. The maximum absolute atomic E-state index is 5.87. The van der Waals surface area contributed by atoms with Crippen molar-refractivity contribution in [2.75, 3.05) is 0 Å². The number of halogens is 1. The zero-order valence-corrected chi connectivity index (χ0v) is 11.7. The van der Waals surface area contributed by atoms with Gasteiger partial charge in [0.1, 0.15) is 0 Å². The van der Waals surface area contributed by atoms with Crippen LogP contribution in [0.5, 0.6) is 0 Å². The van der Waals surface area contributed by atoms with Gasteiger partial charge in [0.15, 0.2) is 0 Å². The normalized spacial score (nSPS) is 10.9. The fourth-order valence-corrected chi connectivity index (χ4v) is 2.16. The van der Waals surface area contributed by atoms with Gasteiger partial charge in [-0.3, -0.25) is 0 Å². The molecule has 0 radical (unpaired) electrons. The lowest BCUT2D eigenvalue weighted by molar-refractivity contribution is 0.647. The summed E-state index contributed by atoms with van der Waals surface area (Å²) in [5.41, 5.74) is 4.40. The molecule has 1 aromatic carbocycles. The number of nitrogens with zero attached hydrogens (tertiary/aromatic N) is 2. The van der Waals surface area contributed by atoms with Crippen molar-refractivity contribution in [2.45, 2.75) is 27.2 Å². The van der Waals surface area contributed by atoms with Crippen molar-refractivity contribution < 1.29 is 0 Å². The van der Waals surface area contributed by atoms with Crippen LogP contribution in [0.1, 0.15) is 25.0 Å². The predicted molar refractivity (Wildman–Crippen MR) is 75.8 cm³/mol. The van der Waals surface area contributed by atoms with Crippen LogP contribution >= 0.6 is 11.6 Å². The highest BCUT2D eigenvalue weighted by Crippen LogP contribution is 2.23. The smallest absolute Gasteiger partial charge is 0.222 e. The molecule has 0 saturated carbocycles. The van der Waals surface area contributed by atoms with Gasteiger partial charge in [-0.2, -0.15) is 0 Å². The molecule has 2 nitrogen and oxygen atoms in total. The standard InChI is InChI=1S/C15H17ClN2/c1-10(2)7-12-5-4-6-13(8-12)14-11(3)9-17-15(16)18-14/h4-6,8-10H,7H2,1-3H3. The average Bonchev–Trinajstić information content (AvgIpc) is 2.32. The Bertz CT molecular complexity index is 550. The summed E-state index contributed by atoms with van der Waals surface area (Å²) in [7, 11) is 0. The number of hydrogen-bond acceptors (Lipinski definition) is 2. The van der Waals surface area contributed by atoms with Gasteiger partial charge in [-0.05, 0) is 48.1 Å². The third-order valence-electron chi connectivity index (χ3n) is 2.79. The summed E-state index contributed by atoms with van der Waals surface area (Å²) < 4.78 is 0. The Balaban J connectivity index is 2.41. The first-order chi connectivity index (χ1) is 8.56. The summed E-state index contributed by atoms with van der Waals surface area (Å²) >= 11 is 5.87. The van der Waals surface area contributed by atoms with Gasteiger partial charge in [-0.25, -0.2) is 9.97 Å². The second-order valence-electron chi connectivity index (χ2n) is 4.97. The van der Waals surface area contributed by atoms with Crippen LogP contribution in [0.3, 0.4) is 0 Å². The number of aryl methyl sites for hydroxylation is 1. The van der Waals surface area contributed by atoms with Gasteiger partial charge in [0, 0.05) is 11.8 Å². The monoisotopic (exact) mass is 260 g/mol. The largest absolute Gasteiger partial charge is 0.226 e. The zero-order valence-electron chi connectivity index (χ0n) is 10.9. The van der Waals surface area contributed by atoms with Gasteiger partial charge in [0.2, 0.25) is 5.28 Å². The van der Waals surface area contributed by atoms with Gasteiger partial charge in [0.25, 0.3) is 0 Å². The molecule has 0 fully saturated rings. The third kappa shape index (κ3) is 3.08. The van der Waals surface area contributed by atoms with E-state index in [2.05, 4.69) is 48.1 Å². The molecule has 0 spiro atoms. The highest BCUT2D eigenvalue weighted by atomic mass is 35.5. The van der Waals surface area contributed by atoms with Crippen molar-refractivity contribution in [3.8, 4) is 11.3 Å². The van der Waals surface area contributed by atoms with Crippen molar-refractivity contribution in [2.24, 2.45) is 5.92 Å². The van der Waals surface area contributed by atoms with E-state index in [4.69, 9.17) is 11.6 Å². The molecule has 2 aromatic rings. The first kappa shape index (κ1) is 13.0. The minimum absolute atomic E-state index is 0.296. The molecule has 94 valence electrons. The Hall–Kier alpha value is -1.41. The van der Waals surface area contributed by atoms with Crippen molar-refractivity contribution in [1.29, 1.82) is 0 Å². The summed E-state index contributed by atoms with van der Waals surface area (Å²) in [5, 5.41) is 0.296. The first-order valence-corrected chi connectivity index (χ1v) is 6.52. The van der Waals surface area contributed by atoms with Crippen LogP contribution in [-0.4, -0.2) is 9.97 Å². The minimum atomic E-state index is 0.296. The van der Waals surface area contributed by atoms with Crippen LogP contribution in [0.2, 0.25) is 5.28 Å². The van der Waals surface area contributed by atoms with Gasteiger partial charge >= 0.3 is 0 Å². The quantitative estimate of drug-likeness (QED) is 0.769. The van der Waals surface area contributed by atoms with E-state index in [1.807, 2.05) is 6.92 Å². The Labute approximate surface area is 113 Å². The van der Waals surface area contributed by atoms with E-state index in [-0.39, 0.29) is 0 Å². The van der Waals surface area contributed by atoms with E-state index >= 15 is 0 Å². The topological polar surface area (TPSA) is 25.8 Å². The second-order valence-corrected chi connectivity index (χ2v) is 5.31. The molecule has 2 rings (SSSR count). The van der Waals surface area contributed by atoms with E-state index in [0.29, 0.717) is 11.2 Å². The predicted octanol–water partition coefficient (Wildman–Crippen LogP) is 4.30. The third-order valence-corrected chi connectivity index (χ3v) is 2.97. The lowest BCUT2D eigenvalue weighted by Gasteiger charge is -2.09. The van der Waals surface area contributed by atoms with Crippen molar-refractivity contribution in [1.82, 2.24) is 9.97 Å². The molecule has 0 aliphatic rings. The highest BCUT2D eigenvalue weighted by Gasteiger charge is 2.07. The van der Waals surface area contributed by atoms with Gasteiger partial charge in [0.05, 0.1) is 5.69 Å². The zero-order chi connectivity index (χ0) is 13.1. The number of aromatic nitrogens is 2. The summed E-state index contributed by atoms with van der Waals surface area (Å²) in [6, 6.07) is 8.48. The molecule has 0 amide bonds. The summed E-state index contributed by atoms with van der Waals surface area (Å²) in [6.45, 7) is 6.44. The second kappa shape index (κ2) is 5.49. The maximum Gasteiger partial charge on any atom is 0.222 e. The van der Waals surface area contributed by atoms with E-state index < -0.39 is 0 Å². The lowest BCUT2D eigenvalue weighted by Crippen LogP contribution is -1.96. The molecular formula is C15H17ClN2. The van der Waals surface area contributed by atoms with Gasteiger partial charge < -0.3 is 0 Å². The van der Waals surface area contributed by atoms with Gasteiger partial charge in [-0.1, -0.05) is 32.0 Å². The fraction of sp³-hybridized carbons (Fsp3) is 0.333. The molecule has 0 aliphatic carbocycles. The molecule has 18 heavy (non-hydrogen) atoms. The number of benzene rings is 1. The highest BCUT2D eigenvalue weighted by molar-refractivity contribution is 6.28. The van der Waals surface area contributed by atoms with Crippen LogP contribution in [0, 0.1) is 12.8 Å². The fourth-order valence-electron chi connectivity index (χ4n) is 2.03. The van der Waals surface area contributed by atoms with E-state index in [1.54, 1.807) is 6.20 Å². The molecule has 1 aromatic heterocycles. The Morgan fingerprint density at radius 1 is 1.28 bits per heavy atom. The van der Waals surface area contributed by atoms with Crippen LogP contribution in [0.25, 0.3) is 11.3 Å². The molecular weight excluding hydrogens is 244 g/mol. The van der Waals surface area contributed by atoms with Crippen LogP contribution in [0.4, 0.5) is 0 Å². The van der Waals surface area contributed by atoms with Crippen LogP contribution in [-0.2, 0) is 6.42 Å². The summed E-state index contributed by atoms with van der Waals surface area (Å²) in [5.74, 6) is 0.648. The maximum atomic E-state index is 5.87. The average molecular weight is 261 g/mol. The molecule has 0 N–H and O–H groups in total. The molecule has 1 heterocycles. The van der Waals surface area contributed by atoms with Crippen molar-refractivity contribution in [3.05, 3.63) is 46.9 Å². The lowest BCUT2D eigenvalue weighted by atomic mass is 9.99. The molecule has 0 bridgehead atoms. The van der Waals surface area contributed by atoms with Gasteiger partial charge in [-0.15, -0.1) is 0 Å². The summed E-state index contributed by atoms with van der Waals surface area (Å²) in [6.07, 6.45) is 2.84. The van der Waals surface area contributed by atoms with E-state index in [0.717, 1.165) is 23.2 Å². The van der Waals surface area contributed by atoms with Crippen molar-refractivity contribution in [3.63, 3.8) is 0 Å². The molecule has 0 unspecified atom stereocenters. The number of rotatable bonds is 3. The SMILES string of the molecule is Cc1cnc(Cl)nc1-c1cccc(CC(C)C)c1. The Kier molecular flexibility index (Phi) is 3.97. The van der Waals surface area contributed by atoms with E-state index in [1.165, 1.54) is 5.56 Å². The molecule has 0 saturated heterocycles. The van der Waals surface area contributed by atoms with Crippen LogP contribution < -0.4 is 0 Å². The van der Waals surface area contributed by atoms with Crippen LogP contribution in [0.15, 0.2) is 30.5 Å². The Morgan fingerprint density at radius 3 is 2.78 bits per heavy atom. The molecule has 0 atom stereocenters. The first-order valence-electron chi connectivity index (χ1n) is 6.14. The Morgan fingerprint density at radius 2 is 2.06 bits per heavy atom. The van der Waals surface area contributed by atoms with Crippen molar-refractivity contribution >= 4 is 11.6 Å². The molecule has 3 heteroatoms. The number of hydrogen-bond donors (Lipinski definition) is 0. The minimum Gasteiger partial charge on any atom is -0.226 e. The van der Waals surface area contributed by atoms with E-state index in [9.17, 15) is 0 Å². The molecule has 0 aliphatic heterocycles.